The maximum atomic E-state index is 13.0. The molecule has 16 heavy (non-hydrogen) atoms. The Labute approximate surface area is 99.3 Å². The number of hydrogen-bond donors (Lipinski definition) is 0. The van der Waals surface area contributed by atoms with Gasteiger partial charge in [0.1, 0.15) is 11.0 Å². The van der Waals surface area contributed by atoms with Crippen molar-refractivity contribution in [2.75, 3.05) is 0 Å². The number of fused-ring (bicyclic) bond motifs is 1. The Kier molecular flexibility index (Phi) is 2.62. The first kappa shape index (κ1) is 11.3. The van der Waals surface area contributed by atoms with Crippen LogP contribution in [0.1, 0.15) is 26.3 Å². The maximum Gasteiger partial charge on any atom is 0.133 e. The standard InChI is InChI=1S/C13H13ClFN/c1-13(2,3)10-6-8-4-5-9(15)7-11(8)16-12(10)14/h4-7H,1-3H3. The molecule has 0 unspecified atom stereocenters. The lowest BCUT2D eigenvalue weighted by molar-refractivity contribution is 0.589. The first-order valence-electron chi connectivity index (χ1n) is 5.14. The van der Waals surface area contributed by atoms with Gasteiger partial charge in [0.05, 0.1) is 5.52 Å². The Bertz CT molecular complexity index is 543. The fraction of sp³-hybridized carbons (Fsp3) is 0.308. The molecule has 1 heterocycles. The molecular weight excluding hydrogens is 225 g/mol. The van der Waals surface area contributed by atoms with Gasteiger partial charge in [-0.3, -0.25) is 0 Å². The Hall–Kier alpha value is -1.15. The van der Waals surface area contributed by atoms with E-state index < -0.39 is 0 Å². The SMILES string of the molecule is CC(C)(C)c1cc2ccc(F)cc2nc1Cl. The fourth-order valence-corrected chi connectivity index (χ4v) is 2.07. The number of nitrogens with zero attached hydrogens (tertiary/aromatic N) is 1. The van der Waals surface area contributed by atoms with E-state index in [0.717, 1.165) is 10.9 Å². The molecule has 0 radical (unpaired) electrons. The lowest BCUT2D eigenvalue weighted by Crippen LogP contribution is -2.12. The Morgan fingerprint density at radius 2 is 1.88 bits per heavy atom. The molecule has 0 spiro atoms. The van der Waals surface area contributed by atoms with Crippen LogP contribution in [0.4, 0.5) is 4.39 Å². The number of aromatic nitrogens is 1. The molecule has 0 bridgehead atoms. The van der Waals surface area contributed by atoms with E-state index >= 15 is 0 Å². The molecule has 84 valence electrons. The number of benzene rings is 1. The van der Waals surface area contributed by atoms with Crippen molar-refractivity contribution in [1.29, 1.82) is 0 Å². The summed E-state index contributed by atoms with van der Waals surface area (Å²) >= 11 is 6.11. The zero-order valence-corrected chi connectivity index (χ0v) is 10.3. The highest BCUT2D eigenvalue weighted by atomic mass is 35.5. The molecule has 0 saturated heterocycles. The zero-order valence-electron chi connectivity index (χ0n) is 9.51. The van der Waals surface area contributed by atoms with E-state index in [-0.39, 0.29) is 11.2 Å². The summed E-state index contributed by atoms with van der Waals surface area (Å²) in [6, 6.07) is 6.53. The largest absolute Gasteiger partial charge is 0.236 e. The van der Waals surface area contributed by atoms with Crippen LogP contribution in [0.5, 0.6) is 0 Å². The van der Waals surface area contributed by atoms with E-state index in [4.69, 9.17) is 11.6 Å². The molecule has 2 aromatic rings. The number of halogens is 2. The predicted molar refractivity (Wildman–Crippen MR) is 65.4 cm³/mol. The molecular formula is C13H13ClFN. The van der Waals surface area contributed by atoms with Gasteiger partial charge in [0, 0.05) is 11.5 Å². The lowest BCUT2D eigenvalue weighted by atomic mass is 9.87. The van der Waals surface area contributed by atoms with Crippen LogP contribution in [0.15, 0.2) is 24.3 Å². The second kappa shape index (κ2) is 3.70. The molecule has 0 fully saturated rings. The first-order chi connectivity index (χ1) is 7.38. The Morgan fingerprint density at radius 3 is 2.50 bits per heavy atom. The van der Waals surface area contributed by atoms with Crippen molar-refractivity contribution < 1.29 is 4.39 Å². The van der Waals surface area contributed by atoms with Crippen LogP contribution in [0.25, 0.3) is 10.9 Å². The molecule has 0 saturated carbocycles. The van der Waals surface area contributed by atoms with E-state index in [1.807, 2.05) is 6.07 Å². The third-order valence-electron chi connectivity index (χ3n) is 2.54. The summed E-state index contributed by atoms with van der Waals surface area (Å²) in [4.78, 5) is 4.23. The van der Waals surface area contributed by atoms with Crippen LogP contribution in [0.2, 0.25) is 5.15 Å². The lowest BCUT2D eigenvalue weighted by Gasteiger charge is -2.20. The summed E-state index contributed by atoms with van der Waals surface area (Å²) in [5.74, 6) is -0.292. The van der Waals surface area contributed by atoms with E-state index in [0.29, 0.717) is 10.7 Å². The highest BCUT2D eigenvalue weighted by molar-refractivity contribution is 6.30. The first-order valence-corrected chi connectivity index (χ1v) is 5.52. The minimum atomic E-state index is -0.292. The van der Waals surface area contributed by atoms with Gasteiger partial charge in [0.15, 0.2) is 0 Å². The van der Waals surface area contributed by atoms with Gasteiger partial charge in [0.2, 0.25) is 0 Å². The van der Waals surface area contributed by atoms with Gasteiger partial charge in [-0.25, -0.2) is 9.37 Å². The summed E-state index contributed by atoms with van der Waals surface area (Å²) in [7, 11) is 0. The second-order valence-corrected chi connectivity index (χ2v) is 5.27. The highest BCUT2D eigenvalue weighted by Gasteiger charge is 2.18. The molecule has 0 aliphatic rings. The van der Waals surface area contributed by atoms with Crippen LogP contribution in [0, 0.1) is 5.82 Å². The van der Waals surface area contributed by atoms with Gasteiger partial charge in [-0.05, 0) is 29.2 Å². The molecule has 0 atom stereocenters. The van der Waals surface area contributed by atoms with Crippen molar-refractivity contribution in [1.82, 2.24) is 4.98 Å². The van der Waals surface area contributed by atoms with Gasteiger partial charge in [-0.2, -0.15) is 0 Å². The van der Waals surface area contributed by atoms with Gasteiger partial charge in [-0.15, -0.1) is 0 Å². The number of hydrogen-bond acceptors (Lipinski definition) is 1. The van der Waals surface area contributed by atoms with E-state index in [1.165, 1.54) is 12.1 Å². The molecule has 0 aliphatic carbocycles. The predicted octanol–water partition coefficient (Wildman–Crippen LogP) is 4.32. The topological polar surface area (TPSA) is 12.9 Å². The van der Waals surface area contributed by atoms with Gasteiger partial charge in [0.25, 0.3) is 0 Å². The van der Waals surface area contributed by atoms with Gasteiger partial charge in [-0.1, -0.05) is 32.4 Å². The van der Waals surface area contributed by atoms with Crippen molar-refractivity contribution in [2.45, 2.75) is 26.2 Å². The molecule has 3 heteroatoms. The average molecular weight is 238 g/mol. The molecule has 0 aliphatic heterocycles. The van der Waals surface area contributed by atoms with Gasteiger partial charge < -0.3 is 0 Å². The average Bonchev–Trinajstić information content (AvgIpc) is 2.14. The molecule has 1 aromatic carbocycles. The molecule has 1 aromatic heterocycles. The fourth-order valence-electron chi connectivity index (χ4n) is 1.64. The van der Waals surface area contributed by atoms with Crippen LogP contribution in [0.3, 0.4) is 0 Å². The van der Waals surface area contributed by atoms with E-state index in [2.05, 4.69) is 25.8 Å². The third kappa shape index (κ3) is 2.03. The van der Waals surface area contributed by atoms with Crippen molar-refractivity contribution in [3.8, 4) is 0 Å². The van der Waals surface area contributed by atoms with Crippen LogP contribution < -0.4 is 0 Å². The molecule has 1 nitrogen and oxygen atoms in total. The minimum absolute atomic E-state index is 0.0628. The van der Waals surface area contributed by atoms with Crippen molar-refractivity contribution in [2.24, 2.45) is 0 Å². The monoisotopic (exact) mass is 237 g/mol. The van der Waals surface area contributed by atoms with Crippen LogP contribution in [-0.2, 0) is 5.41 Å². The normalized spacial score (nSPS) is 12.1. The summed E-state index contributed by atoms with van der Waals surface area (Å²) in [6.45, 7) is 6.22. The number of rotatable bonds is 0. The van der Waals surface area contributed by atoms with Crippen molar-refractivity contribution in [3.63, 3.8) is 0 Å². The van der Waals surface area contributed by atoms with Gasteiger partial charge >= 0.3 is 0 Å². The summed E-state index contributed by atoms with van der Waals surface area (Å²) < 4.78 is 13.0. The summed E-state index contributed by atoms with van der Waals surface area (Å²) in [5.41, 5.74) is 1.51. The summed E-state index contributed by atoms with van der Waals surface area (Å²) in [6.07, 6.45) is 0. The minimum Gasteiger partial charge on any atom is -0.236 e. The zero-order chi connectivity index (χ0) is 11.9. The van der Waals surface area contributed by atoms with E-state index in [9.17, 15) is 4.39 Å². The van der Waals surface area contributed by atoms with Crippen molar-refractivity contribution >= 4 is 22.5 Å². The molecule has 0 N–H and O–H groups in total. The van der Waals surface area contributed by atoms with Crippen molar-refractivity contribution in [3.05, 3.63) is 40.8 Å². The quantitative estimate of drug-likeness (QED) is 0.622. The Morgan fingerprint density at radius 1 is 1.19 bits per heavy atom. The summed E-state index contributed by atoms with van der Waals surface area (Å²) in [5, 5.41) is 1.36. The molecule has 0 amide bonds. The highest BCUT2D eigenvalue weighted by Crippen LogP contribution is 2.30. The Balaban J connectivity index is 2.72. The third-order valence-corrected chi connectivity index (χ3v) is 2.83. The van der Waals surface area contributed by atoms with Crippen LogP contribution >= 0.6 is 11.6 Å². The van der Waals surface area contributed by atoms with E-state index in [1.54, 1.807) is 6.07 Å². The molecule has 2 rings (SSSR count). The number of pyridine rings is 1. The smallest absolute Gasteiger partial charge is 0.133 e. The van der Waals surface area contributed by atoms with Crippen LogP contribution in [-0.4, -0.2) is 4.98 Å². The maximum absolute atomic E-state index is 13.0. The second-order valence-electron chi connectivity index (χ2n) is 4.91.